The molecule has 3 heteroatoms. The van der Waals surface area contributed by atoms with E-state index in [-0.39, 0.29) is 11.3 Å². The molecule has 0 aromatic heterocycles. The molecule has 0 atom stereocenters. The number of ketones is 1. The molecule has 2 aromatic rings. The molecule has 0 spiro atoms. The molecular weight excluding hydrogens is 240 g/mol. The number of carbonyl (C=O) groups is 2. The Balaban J connectivity index is 2.06. The first kappa shape index (κ1) is 11.7. The predicted molar refractivity (Wildman–Crippen MR) is 71.5 cm³/mol. The molecular formula is C16H12O3. The normalized spacial score (nSPS) is 13.4. The molecule has 1 aliphatic rings. The first-order chi connectivity index (χ1) is 9.15. The number of carbonyl (C=O) groups excluding carboxylic acids is 1. The Morgan fingerprint density at radius 2 is 1.79 bits per heavy atom. The van der Waals surface area contributed by atoms with Gasteiger partial charge in [-0.2, -0.15) is 0 Å². The lowest BCUT2D eigenvalue weighted by Gasteiger charge is -2.05. The maximum absolute atomic E-state index is 11.6. The van der Waals surface area contributed by atoms with Gasteiger partial charge in [0.1, 0.15) is 0 Å². The SMILES string of the molecule is O=C(O)c1cccc(-c2ccc3c(c2)CCC3=O)c1. The van der Waals surface area contributed by atoms with Gasteiger partial charge >= 0.3 is 5.97 Å². The number of rotatable bonds is 2. The summed E-state index contributed by atoms with van der Waals surface area (Å²) in [7, 11) is 0. The van der Waals surface area contributed by atoms with Crippen LogP contribution < -0.4 is 0 Å². The van der Waals surface area contributed by atoms with Crippen LogP contribution in [0.15, 0.2) is 42.5 Å². The highest BCUT2D eigenvalue weighted by molar-refractivity contribution is 6.01. The number of hydrogen-bond donors (Lipinski definition) is 1. The smallest absolute Gasteiger partial charge is 0.335 e. The first-order valence-corrected chi connectivity index (χ1v) is 6.15. The minimum absolute atomic E-state index is 0.195. The molecule has 0 aliphatic heterocycles. The molecule has 0 amide bonds. The Bertz CT molecular complexity index is 686. The molecule has 3 nitrogen and oxygen atoms in total. The van der Waals surface area contributed by atoms with E-state index in [2.05, 4.69) is 0 Å². The second kappa shape index (κ2) is 4.35. The van der Waals surface area contributed by atoms with E-state index in [1.807, 2.05) is 24.3 Å². The van der Waals surface area contributed by atoms with Gasteiger partial charge in [0.05, 0.1) is 5.56 Å². The fourth-order valence-corrected chi connectivity index (χ4v) is 2.47. The number of hydrogen-bond acceptors (Lipinski definition) is 2. The number of carboxylic acids is 1. The van der Waals surface area contributed by atoms with Crippen LogP contribution >= 0.6 is 0 Å². The topological polar surface area (TPSA) is 54.4 Å². The standard InChI is InChI=1S/C16H12O3/c17-15-7-5-12-8-11(4-6-14(12)15)10-2-1-3-13(9-10)16(18)19/h1-4,6,8-9H,5,7H2,(H,18,19). The molecule has 1 aliphatic carbocycles. The number of aromatic carboxylic acids is 1. The lowest BCUT2D eigenvalue weighted by Crippen LogP contribution is -1.96. The van der Waals surface area contributed by atoms with Crippen LogP contribution in [0.1, 0.15) is 32.7 Å². The highest BCUT2D eigenvalue weighted by Crippen LogP contribution is 2.28. The molecule has 0 unspecified atom stereocenters. The van der Waals surface area contributed by atoms with Crippen molar-refractivity contribution in [2.24, 2.45) is 0 Å². The van der Waals surface area contributed by atoms with Gasteiger partial charge in [-0.05, 0) is 35.2 Å². The monoisotopic (exact) mass is 252 g/mol. The summed E-state index contributed by atoms with van der Waals surface area (Å²) >= 11 is 0. The molecule has 1 N–H and O–H groups in total. The summed E-state index contributed by atoms with van der Waals surface area (Å²) in [5, 5.41) is 9.00. The molecule has 0 saturated carbocycles. The number of fused-ring (bicyclic) bond motifs is 1. The molecule has 0 saturated heterocycles. The zero-order valence-electron chi connectivity index (χ0n) is 10.2. The maximum Gasteiger partial charge on any atom is 0.335 e. The second-order valence-electron chi connectivity index (χ2n) is 4.68. The van der Waals surface area contributed by atoms with E-state index in [9.17, 15) is 9.59 Å². The summed E-state index contributed by atoms with van der Waals surface area (Å²) in [5.74, 6) is -0.737. The molecule has 0 heterocycles. The van der Waals surface area contributed by atoms with Crippen molar-refractivity contribution in [3.05, 3.63) is 59.2 Å². The maximum atomic E-state index is 11.6. The van der Waals surface area contributed by atoms with Gasteiger partial charge in [-0.15, -0.1) is 0 Å². The van der Waals surface area contributed by atoms with Crippen molar-refractivity contribution in [1.29, 1.82) is 0 Å². The average Bonchev–Trinajstić information content (AvgIpc) is 2.80. The van der Waals surface area contributed by atoms with Crippen molar-refractivity contribution in [3.8, 4) is 11.1 Å². The van der Waals surface area contributed by atoms with Crippen molar-refractivity contribution in [1.82, 2.24) is 0 Å². The van der Waals surface area contributed by atoms with Crippen LogP contribution in [0, 0.1) is 0 Å². The lowest BCUT2D eigenvalue weighted by molar-refractivity contribution is 0.0696. The van der Waals surface area contributed by atoms with E-state index in [1.54, 1.807) is 18.2 Å². The summed E-state index contributed by atoms with van der Waals surface area (Å²) in [6.07, 6.45) is 1.36. The summed E-state index contributed by atoms with van der Waals surface area (Å²) in [5.41, 5.74) is 3.95. The Labute approximate surface area is 110 Å². The summed E-state index contributed by atoms with van der Waals surface area (Å²) < 4.78 is 0. The summed E-state index contributed by atoms with van der Waals surface area (Å²) in [6, 6.07) is 12.5. The fraction of sp³-hybridized carbons (Fsp3) is 0.125. The number of aryl methyl sites for hydroxylation is 1. The molecule has 2 aromatic carbocycles. The molecule has 0 bridgehead atoms. The van der Waals surface area contributed by atoms with Gasteiger partial charge in [0.25, 0.3) is 0 Å². The largest absolute Gasteiger partial charge is 0.478 e. The summed E-state index contributed by atoms with van der Waals surface area (Å²) in [6.45, 7) is 0. The molecule has 19 heavy (non-hydrogen) atoms. The van der Waals surface area contributed by atoms with E-state index in [0.717, 1.165) is 28.7 Å². The highest BCUT2D eigenvalue weighted by atomic mass is 16.4. The van der Waals surface area contributed by atoms with Crippen molar-refractivity contribution >= 4 is 11.8 Å². The van der Waals surface area contributed by atoms with Crippen LogP contribution in [0.2, 0.25) is 0 Å². The first-order valence-electron chi connectivity index (χ1n) is 6.15. The van der Waals surface area contributed by atoms with Gasteiger partial charge in [-0.25, -0.2) is 4.79 Å². The third kappa shape index (κ3) is 2.03. The van der Waals surface area contributed by atoms with Gasteiger partial charge < -0.3 is 5.11 Å². The van der Waals surface area contributed by atoms with Crippen molar-refractivity contribution in [2.75, 3.05) is 0 Å². The van der Waals surface area contributed by atoms with Crippen LogP contribution in [0.3, 0.4) is 0 Å². The second-order valence-corrected chi connectivity index (χ2v) is 4.68. The van der Waals surface area contributed by atoms with E-state index in [1.165, 1.54) is 0 Å². The van der Waals surface area contributed by atoms with Crippen molar-refractivity contribution in [2.45, 2.75) is 12.8 Å². The summed E-state index contributed by atoms with van der Waals surface area (Å²) in [4.78, 5) is 22.5. The Morgan fingerprint density at radius 3 is 2.58 bits per heavy atom. The number of benzene rings is 2. The number of carboxylic acid groups (broad SMARTS) is 1. The molecule has 0 radical (unpaired) electrons. The minimum Gasteiger partial charge on any atom is -0.478 e. The zero-order valence-corrected chi connectivity index (χ0v) is 10.2. The third-order valence-electron chi connectivity index (χ3n) is 3.47. The van der Waals surface area contributed by atoms with Crippen LogP contribution in [0.4, 0.5) is 0 Å². The van der Waals surface area contributed by atoms with Gasteiger partial charge in [-0.1, -0.05) is 30.3 Å². The van der Waals surface area contributed by atoms with Crippen molar-refractivity contribution in [3.63, 3.8) is 0 Å². The van der Waals surface area contributed by atoms with E-state index < -0.39 is 5.97 Å². The predicted octanol–water partition coefficient (Wildman–Crippen LogP) is 3.18. The third-order valence-corrected chi connectivity index (χ3v) is 3.47. The molecule has 94 valence electrons. The highest BCUT2D eigenvalue weighted by Gasteiger charge is 2.19. The van der Waals surface area contributed by atoms with E-state index >= 15 is 0 Å². The number of Topliss-reactive ketones (excluding diaryl/α,β-unsaturated/α-hetero) is 1. The fourth-order valence-electron chi connectivity index (χ4n) is 2.47. The van der Waals surface area contributed by atoms with Gasteiger partial charge in [0.15, 0.2) is 5.78 Å². The molecule has 0 fully saturated rings. The van der Waals surface area contributed by atoms with Crippen LogP contribution in [0.25, 0.3) is 11.1 Å². The van der Waals surface area contributed by atoms with Crippen molar-refractivity contribution < 1.29 is 14.7 Å². The average molecular weight is 252 g/mol. The van der Waals surface area contributed by atoms with Gasteiger partial charge in [0, 0.05) is 12.0 Å². The van der Waals surface area contributed by atoms with Crippen LogP contribution in [-0.2, 0) is 6.42 Å². The zero-order chi connectivity index (χ0) is 13.4. The van der Waals surface area contributed by atoms with Gasteiger partial charge in [-0.3, -0.25) is 4.79 Å². The Kier molecular flexibility index (Phi) is 2.67. The van der Waals surface area contributed by atoms with Crippen LogP contribution in [-0.4, -0.2) is 16.9 Å². The lowest BCUT2D eigenvalue weighted by atomic mass is 9.99. The Morgan fingerprint density at radius 1 is 1.00 bits per heavy atom. The van der Waals surface area contributed by atoms with Crippen LogP contribution in [0.5, 0.6) is 0 Å². The Hall–Kier alpha value is -2.42. The minimum atomic E-state index is -0.932. The van der Waals surface area contributed by atoms with E-state index in [4.69, 9.17) is 5.11 Å². The van der Waals surface area contributed by atoms with E-state index in [0.29, 0.717) is 6.42 Å². The molecule has 3 rings (SSSR count). The quantitative estimate of drug-likeness (QED) is 0.893. The van der Waals surface area contributed by atoms with Gasteiger partial charge in [0.2, 0.25) is 0 Å².